The zero-order valence-corrected chi connectivity index (χ0v) is 15.2. The maximum absolute atomic E-state index is 6.54. The van der Waals surface area contributed by atoms with Crippen LogP contribution >= 0.6 is 34.8 Å². The first kappa shape index (κ1) is 17.6. The van der Waals surface area contributed by atoms with E-state index in [1.54, 1.807) is 24.4 Å². The van der Waals surface area contributed by atoms with Crippen LogP contribution in [-0.2, 0) is 17.9 Å². The molecule has 2 aromatic rings. The SMILES string of the molecule is Clc1cccc(Cl)c1COC1(Cl)C=CC(CCn2ccnc2)=CC1. The molecule has 1 aliphatic rings. The largest absolute Gasteiger partial charge is 0.351 e. The molecule has 3 rings (SSSR count). The van der Waals surface area contributed by atoms with Crippen molar-refractivity contribution in [2.45, 2.75) is 31.1 Å². The molecule has 0 bridgehead atoms. The summed E-state index contributed by atoms with van der Waals surface area (Å²) in [6.45, 7) is 1.16. The number of aryl methyl sites for hydroxylation is 1. The van der Waals surface area contributed by atoms with E-state index in [9.17, 15) is 0 Å². The lowest BCUT2D eigenvalue weighted by Gasteiger charge is -2.26. The van der Waals surface area contributed by atoms with Crippen molar-refractivity contribution in [2.75, 3.05) is 0 Å². The minimum atomic E-state index is -0.860. The van der Waals surface area contributed by atoms with Crippen LogP contribution in [0.2, 0.25) is 10.0 Å². The van der Waals surface area contributed by atoms with Gasteiger partial charge in [-0.25, -0.2) is 4.98 Å². The van der Waals surface area contributed by atoms with Crippen LogP contribution in [0.3, 0.4) is 0 Å². The first-order valence-electron chi connectivity index (χ1n) is 7.65. The fourth-order valence-corrected chi connectivity index (χ4v) is 3.17. The van der Waals surface area contributed by atoms with Crippen molar-refractivity contribution < 1.29 is 4.74 Å². The summed E-state index contributed by atoms with van der Waals surface area (Å²) in [5.74, 6) is 0. The quantitative estimate of drug-likeness (QED) is 0.605. The number of imidazole rings is 1. The second-order valence-electron chi connectivity index (χ2n) is 5.64. The molecule has 1 unspecified atom stereocenters. The van der Waals surface area contributed by atoms with Gasteiger partial charge in [-0.3, -0.25) is 0 Å². The zero-order chi connectivity index (χ0) is 17.0. The van der Waals surface area contributed by atoms with E-state index in [1.165, 1.54) is 5.57 Å². The summed E-state index contributed by atoms with van der Waals surface area (Å²) in [5, 5.41) is 0.305. The molecule has 6 heteroatoms. The molecule has 0 saturated carbocycles. The molecule has 0 radical (unpaired) electrons. The van der Waals surface area contributed by atoms with E-state index < -0.39 is 5.06 Å². The van der Waals surface area contributed by atoms with Crippen molar-refractivity contribution in [2.24, 2.45) is 0 Å². The fourth-order valence-electron chi connectivity index (χ4n) is 2.47. The Bertz CT molecular complexity index is 735. The Hall–Kier alpha value is -1.26. The number of rotatable bonds is 6. The van der Waals surface area contributed by atoms with Crippen LogP contribution in [-0.4, -0.2) is 14.6 Å². The van der Waals surface area contributed by atoms with E-state index >= 15 is 0 Å². The topological polar surface area (TPSA) is 27.1 Å². The predicted octanol–water partition coefficient (Wildman–Crippen LogP) is 5.62. The van der Waals surface area contributed by atoms with Crippen molar-refractivity contribution in [3.05, 3.63) is 76.3 Å². The molecule has 0 fully saturated rings. The number of allylic oxidation sites excluding steroid dienone is 2. The van der Waals surface area contributed by atoms with Gasteiger partial charge in [0.25, 0.3) is 0 Å². The van der Waals surface area contributed by atoms with Gasteiger partial charge in [0, 0.05) is 41.0 Å². The Morgan fingerprint density at radius 1 is 1.25 bits per heavy atom. The molecule has 1 aliphatic carbocycles. The highest BCUT2D eigenvalue weighted by atomic mass is 35.5. The minimum Gasteiger partial charge on any atom is -0.351 e. The van der Waals surface area contributed by atoms with E-state index in [2.05, 4.69) is 11.1 Å². The standard InChI is InChI=1S/C18H17Cl3N2O/c19-16-2-1-3-17(20)15(16)12-24-18(21)7-4-14(5-8-18)6-10-23-11-9-22-13-23/h1-5,7,9,11,13H,6,8,10,12H2. The van der Waals surface area contributed by atoms with Crippen LogP contribution in [0, 0.1) is 0 Å². The Morgan fingerprint density at radius 2 is 2.04 bits per heavy atom. The minimum absolute atomic E-state index is 0.268. The van der Waals surface area contributed by atoms with Crippen LogP contribution in [0.5, 0.6) is 0 Å². The normalized spacial score (nSPS) is 20.2. The van der Waals surface area contributed by atoms with Gasteiger partial charge in [0.05, 0.1) is 12.9 Å². The summed E-state index contributed by atoms with van der Waals surface area (Å²) in [7, 11) is 0. The lowest BCUT2D eigenvalue weighted by molar-refractivity contribution is 0.0417. The summed E-state index contributed by atoms with van der Waals surface area (Å²) in [4.78, 5) is 4.04. The molecule has 0 saturated heterocycles. The number of ether oxygens (including phenoxy) is 1. The smallest absolute Gasteiger partial charge is 0.164 e. The number of nitrogens with zero attached hydrogens (tertiary/aromatic N) is 2. The second-order valence-corrected chi connectivity index (χ2v) is 7.10. The lowest BCUT2D eigenvalue weighted by atomic mass is 10.0. The van der Waals surface area contributed by atoms with Gasteiger partial charge in [-0.15, -0.1) is 0 Å². The van der Waals surface area contributed by atoms with Gasteiger partial charge in [-0.2, -0.15) is 0 Å². The van der Waals surface area contributed by atoms with Gasteiger partial charge in [0.1, 0.15) is 0 Å². The number of hydrogen-bond donors (Lipinski definition) is 0. The van der Waals surface area contributed by atoms with Crippen molar-refractivity contribution in [1.29, 1.82) is 0 Å². The molecule has 1 heterocycles. The Balaban J connectivity index is 1.55. The molecule has 0 spiro atoms. The summed E-state index contributed by atoms with van der Waals surface area (Å²) in [5.41, 5.74) is 1.99. The molecule has 0 N–H and O–H groups in total. The maximum Gasteiger partial charge on any atom is 0.164 e. The molecule has 3 nitrogen and oxygen atoms in total. The summed E-state index contributed by atoms with van der Waals surface area (Å²) in [6, 6.07) is 5.39. The third kappa shape index (κ3) is 4.42. The molecule has 1 aromatic heterocycles. The average Bonchev–Trinajstić information content (AvgIpc) is 3.07. The van der Waals surface area contributed by atoms with Gasteiger partial charge in [-0.1, -0.05) is 58.6 Å². The highest BCUT2D eigenvalue weighted by Crippen LogP contribution is 2.33. The zero-order valence-electron chi connectivity index (χ0n) is 13.0. The number of alkyl halides is 1. The molecular formula is C18H17Cl3N2O. The molecular weight excluding hydrogens is 367 g/mol. The van der Waals surface area contributed by atoms with E-state index in [-0.39, 0.29) is 6.61 Å². The fraction of sp³-hybridized carbons (Fsp3) is 0.278. The van der Waals surface area contributed by atoms with E-state index in [4.69, 9.17) is 39.5 Å². The number of benzene rings is 1. The van der Waals surface area contributed by atoms with E-state index in [0.717, 1.165) is 18.5 Å². The second kappa shape index (κ2) is 7.75. The lowest BCUT2D eigenvalue weighted by Crippen LogP contribution is -2.24. The number of aromatic nitrogens is 2. The average molecular weight is 384 g/mol. The first-order chi connectivity index (χ1) is 11.6. The summed E-state index contributed by atoms with van der Waals surface area (Å²) < 4.78 is 7.92. The number of halogens is 3. The number of hydrogen-bond acceptors (Lipinski definition) is 2. The van der Waals surface area contributed by atoms with Gasteiger partial charge in [0.2, 0.25) is 0 Å². The van der Waals surface area contributed by atoms with E-state index in [0.29, 0.717) is 16.5 Å². The summed E-state index contributed by atoms with van der Waals surface area (Å²) in [6.07, 6.45) is 13.1. The molecule has 24 heavy (non-hydrogen) atoms. The van der Waals surface area contributed by atoms with Crippen LogP contribution < -0.4 is 0 Å². The summed E-state index contributed by atoms with van der Waals surface area (Å²) >= 11 is 18.9. The van der Waals surface area contributed by atoms with E-state index in [1.807, 2.05) is 29.2 Å². The molecule has 0 aliphatic heterocycles. The maximum atomic E-state index is 6.54. The highest BCUT2D eigenvalue weighted by Gasteiger charge is 2.27. The van der Waals surface area contributed by atoms with Crippen molar-refractivity contribution in [1.82, 2.24) is 9.55 Å². The van der Waals surface area contributed by atoms with Gasteiger partial charge >= 0.3 is 0 Å². The van der Waals surface area contributed by atoms with Crippen LogP contribution in [0.25, 0.3) is 0 Å². The predicted molar refractivity (Wildman–Crippen MR) is 98.5 cm³/mol. The van der Waals surface area contributed by atoms with Gasteiger partial charge < -0.3 is 9.30 Å². The van der Waals surface area contributed by atoms with Crippen molar-refractivity contribution >= 4 is 34.8 Å². The monoisotopic (exact) mass is 382 g/mol. The third-order valence-electron chi connectivity index (χ3n) is 3.92. The van der Waals surface area contributed by atoms with Crippen LogP contribution in [0.1, 0.15) is 18.4 Å². The third-order valence-corrected chi connectivity index (χ3v) is 5.02. The highest BCUT2D eigenvalue weighted by molar-refractivity contribution is 6.36. The Labute approximate surface area is 156 Å². The Kier molecular flexibility index (Phi) is 5.67. The van der Waals surface area contributed by atoms with Gasteiger partial charge in [0.15, 0.2) is 5.06 Å². The first-order valence-corrected chi connectivity index (χ1v) is 8.79. The van der Waals surface area contributed by atoms with Crippen LogP contribution in [0.15, 0.2) is 60.7 Å². The molecule has 1 aromatic carbocycles. The van der Waals surface area contributed by atoms with Gasteiger partial charge in [-0.05, 0) is 24.6 Å². The van der Waals surface area contributed by atoms with Crippen molar-refractivity contribution in [3.8, 4) is 0 Å². The van der Waals surface area contributed by atoms with Crippen molar-refractivity contribution in [3.63, 3.8) is 0 Å². The Morgan fingerprint density at radius 3 is 2.67 bits per heavy atom. The molecule has 0 amide bonds. The van der Waals surface area contributed by atoms with Crippen LogP contribution in [0.4, 0.5) is 0 Å². The molecule has 1 atom stereocenters. The molecule has 126 valence electrons.